The fourth-order valence-electron chi connectivity index (χ4n) is 2.44. The molecule has 1 aromatic rings. The molecule has 5 heteroatoms. The van der Waals surface area contributed by atoms with Crippen molar-refractivity contribution in [2.45, 2.75) is 59.5 Å². The van der Waals surface area contributed by atoms with Crippen molar-refractivity contribution in [1.29, 1.82) is 0 Å². The molecule has 0 saturated carbocycles. The standard InChI is InChI=1S/C17H29O4P/c1-7-14-10-13(11-15(16(14)18)17(4,5)6)12-22(19,20-8-2)21-9-3/h10-11,18H,7-9,12H2,1-6H3. The highest BCUT2D eigenvalue weighted by molar-refractivity contribution is 7.53. The average Bonchev–Trinajstić information content (AvgIpc) is 2.39. The van der Waals surface area contributed by atoms with Crippen LogP contribution < -0.4 is 0 Å². The minimum Gasteiger partial charge on any atom is -0.507 e. The zero-order valence-electron chi connectivity index (χ0n) is 14.6. The number of aromatic hydroxyl groups is 1. The molecule has 0 heterocycles. The molecule has 0 unspecified atom stereocenters. The van der Waals surface area contributed by atoms with E-state index in [1.54, 1.807) is 13.8 Å². The molecule has 0 aliphatic heterocycles. The first-order chi connectivity index (χ1) is 10.2. The molecule has 0 spiro atoms. The van der Waals surface area contributed by atoms with Crippen LogP contribution in [-0.2, 0) is 31.6 Å². The third kappa shape index (κ3) is 4.84. The summed E-state index contributed by atoms with van der Waals surface area (Å²) < 4.78 is 23.5. The van der Waals surface area contributed by atoms with Crippen molar-refractivity contribution in [3.63, 3.8) is 0 Å². The number of phenolic OH excluding ortho intramolecular Hbond substituents is 1. The molecule has 1 aromatic carbocycles. The normalized spacial score (nSPS) is 12.6. The van der Waals surface area contributed by atoms with Gasteiger partial charge in [0, 0.05) is 0 Å². The summed E-state index contributed by atoms with van der Waals surface area (Å²) in [5.41, 5.74) is 2.42. The molecule has 126 valence electrons. The van der Waals surface area contributed by atoms with E-state index in [4.69, 9.17) is 9.05 Å². The molecule has 22 heavy (non-hydrogen) atoms. The maximum atomic E-state index is 12.7. The van der Waals surface area contributed by atoms with E-state index in [-0.39, 0.29) is 11.6 Å². The van der Waals surface area contributed by atoms with Gasteiger partial charge in [0.25, 0.3) is 0 Å². The van der Waals surface area contributed by atoms with E-state index in [0.29, 0.717) is 19.0 Å². The molecule has 0 radical (unpaired) electrons. The van der Waals surface area contributed by atoms with Crippen LogP contribution >= 0.6 is 7.60 Å². The largest absolute Gasteiger partial charge is 0.507 e. The number of hydrogen-bond donors (Lipinski definition) is 1. The lowest BCUT2D eigenvalue weighted by Crippen LogP contribution is -2.13. The Balaban J connectivity index is 3.27. The van der Waals surface area contributed by atoms with Crippen LogP contribution in [0.15, 0.2) is 12.1 Å². The van der Waals surface area contributed by atoms with E-state index in [1.807, 2.05) is 19.1 Å². The van der Waals surface area contributed by atoms with Gasteiger partial charge in [-0.3, -0.25) is 4.57 Å². The maximum Gasteiger partial charge on any atom is 0.335 e. The monoisotopic (exact) mass is 328 g/mol. The molecule has 0 aromatic heterocycles. The molecule has 0 fully saturated rings. The Morgan fingerprint density at radius 2 is 1.64 bits per heavy atom. The summed E-state index contributed by atoms with van der Waals surface area (Å²) in [7, 11) is -3.14. The third-order valence-electron chi connectivity index (χ3n) is 3.47. The Bertz CT molecular complexity index is 536. The van der Waals surface area contributed by atoms with E-state index in [0.717, 1.165) is 23.1 Å². The highest BCUT2D eigenvalue weighted by Gasteiger charge is 2.27. The Kier molecular flexibility index (Phi) is 6.66. The molecular weight excluding hydrogens is 299 g/mol. The summed E-state index contributed by atoms with van der Waals surface area (Å²) in [6.45, 7) is 12.5. The molecule has 0 aliphatic rings. The number of rotatable bonds is 7. The summed E-state index contributed by atoms with van der Waals surface area (Å²) in [6, 6.07) is 3.81. The van der Waals surface area contributed by atoms with Crippen LogP contribution in [0.2, 0.25) is 0 Å². The maximum absolute atomic E-state index is 12.7. The van der Waals surface area contributed by atoms with Gasteiger partial charge in [0.2, 0.25) is 0 Å². The second-order valence-electron chi connectivity index (χ2n) is 6.36. The van der Waals surface area contributed by atoms with Crippen molar-refractivity contribution in [3.8, 4) is 5.75 Å². The first kappa shape index (κ1) is 19.2. The molecule has 0 saturated heterocycles. The van der Waals surface area contributed by atoms with Crippen molar-refractivity contribution >= 4 is 7.60 Å². The van der Waals surface area contributed by atoms with Gasteiger partial charge in [0.15, 0.2) is 0 Å². The first-order valence-corrected chi connectivity index (χ1v) is 9.63. The highest BCUT2D eigenvalue weighted by Crippen LogP contribution is 2.52. The summed E-state index contributed by atoms with van der Waals surface area (Å²) >= 11 is 0. The summed E-state index contributed by atoms with van der Waals surface area (Å²) in [6.07, 6.45) is 0.946. The van der Waals surface area contributed by atoms with Crippen molar-refractivity contribution in [3.05, 3.63) is 28.8 Å². The number of phenols is 1. The smallest absolute Gasteiger partial charge is 0.335 e. The van der Waals surface area contributed by atoms with Gasteiger partial charge in [0.05, 0.1) is 19.4 Å². The van der Waals surface area contributed by atoms with Crippen LogP contribution in [0, 0.1) is 0 Å². The number of aryl methyl sites for hydroxylation is 1. The number of hydrogen-bond acceptors (Lipinski definition) is 4. The van der Waals surface area contributed by atoms with Crippen LogP contribution in [-0.4, -0.2) is 18.3 Å². The predicted molar refractivity (Wildman–Crippen MR) is 90.7 cm³/mol. The van der Waals surface area contributed by atoms with Gasteiger partial charge >= 0.3 is 7.60 Å². The van der Waals surface area contributed by atoms with Crippen molar-refractivity contribution in [2.24, 2.45) is 0 Å². The molecule has 1 rings (SSSR count). The zero-order chi connectivity index (χ0) is 17.0. The van der Waals surface area contributed by atoms with E-state index in [1.165, 1.54) is 0 Å². The molecule has 1 N–H and O–H groups in total. The van der Waals surface area contributed by atoms with Crippen LogP contribution in [0.5, 0.6) is 5.75 Å². The van der Waals surface area contributed by atoms with Gasteiger partial charge in [-0.1, -0.05) is 39.8 Å². The van der Waals surface area contributed by atoms with Crippen LogP contribution in [0.25, 0.3) is 0 Å². The lowest BCUT2D eigenvalue weighted by molar-refractivity contribution is 0.219. The summed E-state index contributed by atoms with van der Waals surface area (Å²) in [4.78, 5) is 0. The van der Waals surface area contributed by atoms with E-state index >= 15 is 0 Å². The fourth-order valence-corrected chi connectivity index (χ4v) is 4.11. The Morgan fingerprint density at radius 3 is 2.05 bits per heavy atom. The first-order valence-electron chi connectivity index (χ1n) is 7.90. The number of benzene rings is 1. The fraction of sp³-hybridized carbons (Fsp3) is 0.647. The third-order valence-corrected chi connectivity index (χ3v) is 5.52. The Morgan fingerprint density at radius 1 is 1.09 bits per heavy atom. The van der Waals surface area contributed by atoms with E-state index in [9.17, 15) is 9.67 Å². The molecule has 0 amide bonds. The van der Waals surface area contributed by atoms with Gasteiger partial charge in [-0.05, 0) is 42.4 Å². The van der Waals surface area contributed by atoms with Crippen molar-refractivity contribution in [1.82, 2.24) is 0 Å². The molecular formula is C17H29O4P. The Hall–Kier alpha value is -0.830. The quantitative estimate of drug-likeness (QED) is 0.714. The topological polar surface area (TPSA) is 55.8 Å². The average molecular weight is 328 g/mol. The van der Waals surface area contributed by atoms with Gasteiger partial charge in [-0.2, -0.15) is 0 Å². The SMILES string of the molecule is CCOP(=O)(Cc1cc(CC)c(O)c(C(C)(C)C)c1)OCC. The van der Waals surface area contributed by atoms with Gasteiger partial charge in [0.1, 0.15) is 5.75 Å². The van der Waals surface area contributed by atoms with Crippen molar-refractivity contribution in [2.75, 3.05) is 13.2 Å². The summed E-state index contributed by atoms with van der Waals surface area (Å²) in [5.74, 6) is 0.335. The molecule has 0 aliphatic carbocycles. The lowest BCUT2D eigenvalue weighted by atomic mass is 9.84. The minimum atomic E-state index is -3.14. The highest BCUT2D eigenvalue weighted by atomic mass is 31.2. The van der Waals surface area contributed by atoms with Gasteiger partial charge in [-0.15, -0.1) is 0 Å². The summed E-state index contributed by atoms with van der Waals surface area (Å²) in [5, 5.41) is 10.4. The second kappa shape index (κ2) is 7.63. The van der Waals surface area contributed by atoms with Crippen LogP contribution in [0.4, 0.5) is 0 Å². The minimum absolute atomic E-state index is 0.189. The van der Waals surface area contributed by atoms with E-state index < -0.39 is 7.60 Å². The Labute approximate surface area is 134 Å². The van der Waals surface area contributed by atoms with Gasteiger partial charge in [-0.25, -0.2) is 0 Å². The van der Waals surface area contributed by atoms with Gasteiger partial charge < -0.3 is 14.2 Å². The van der Waals surface area contributed by atoms with Crippen LogP contribution in [0.1, 0.15) is 58.2 Å². The zero-order valence-corrected chi connectivity index (χ0v) is 15.5. The van der Waals surface area contributed by atoms with Crippen molar-refractivity contribution < 1.29 is 18.7 Å². The van der Waals surface area contributed by atoms with E-state index in [2.05, 4.69) is 20.8 Å². The predicted octanol–water partition coefficient (Wildman–Crippen LogP) is 5.02. The molecule has 4 nitrogen and oxygen atoms in total. The molecule has 0 atom stereocenters. The van der Waals surface area contributed by atoms with Crippen LogP contribution in [0.3, 0.4) is 0 Å². The lowest BCUT2D eigenvalue weighted by Gasteiger charge is -2.24. The molecule has 0 bridgehead atoms. The second-order valence-corrected chi connectivity index (χ2v) is 8.41.